The highest BCUT2D eigenvalue weighted by atomic mass is 14.9. The SMILES string of the molecule is Cc1cc(Nc2ccc(-c3ccccc3)cc2)c(N)cc1Nc1ccc(-c2ccccc2)cc1. The highest BCUT2D eigenvalue weighted by Gasteiger charge is 2.07. The molecule has 5 rings (SSSR count). The van der Waals surface area contributed by atoms with Gasteiger partial charge in [0.1, 0.15) is 0 Å². The van der Waals surface area contributed by atoms with Crippen molar-refractivity contribution < 1.29 is 0 Å². The fraction of sp³-hybridized carbons (Fsp3) is 0.0323. The van der Waals surface area contributed by atoms with E-state index in [-0.39, 0.29) is 0 Å². The van der Waals surface area contributed by atoms with E-state index < -0.39 is 0 Å². The van der Waals surface area contributed by atoms with E-state index >= 15 is 0 Å². The van der Waals surface area contributed by atoms with Crippen LogP contribution in [0.15, 0.2) is 121 Å². The molecule has 0 unspecified atom stereocenters. The summed E-state index contributed by atoms with van der Waals surface area (Å²) in [5, 5.41) is 6.96. The molecule has 0 aromatic heterocycles. The molecule has 5 aromatic carbocycles. The molecule has 0 radical (unpaired) electrons. The van der Waals surface area contributed by atoms with Gasteiger partial charge in [0.2, 0.25) is 0 Å². The average Bonchev–Trinajstić information content (AvgIpc) is 2.89. The van der Waals surface area contributed by atoms with Crippen molar-refractivity contribution >= 4 is 28.4 Å². The third-order valence-electron chi connectivity index (χ3n) is 5.94. The van der Waals surface area contributed by atoms with Crippen molar-refractivity contribution in [2.24, 2.45) is 0 Å². The average molecular weight is 442 g/mol. The molecular weight excluding hydrogens is 414 g/mol. The fourth-order valence-corrected chi connectivity index (χ4v) is 4.03. The lowest BCUT2D eigenvalue weighted by atomic mass is 10.0. The van der Waals surface area contributed by atoms with Gasteiger partial charge < -0.3 is 16.4 Å². The molecule has 0 saturated carbocycles. The van der Waals surface area contributed by atoms with Crippen LogP contribution in [0.1, 0.15) is 5.56 Å². The van der Waals surface area contributed by atoms with Gasteiger partial charge in [-0.1, -0.05) is 84.9 Å². The van der Waals surface area contributed by atoms with E-state index in [1.165, 1.54) is 22.3 Å². The van der Waals surface area contributed by atoms with Crippen molar-refractivity contribution in [3.05, 3.63) is 127 Å². The number of nitrogens with one attached hydrogen (secondary N) is 2. The Morgan fingerprint density at radius 1 is 0.471 bits per heavy atom. The molecule has 166 valence electrons. The van der Waals surface area contributed by atoms with E-state index in [2.05, 4.69) is 121 Å². The van der Waals surface area contributed by atoms with Gasteiger partial charge in [-0.2, -0.15) is 0 Å². The van der Waals surface area contributed by atoms with Crippen molar-refractivity contribution in [1.29, 1.82) is 0 Å². The molecule has 0 spiro atoms. The van der Waals surface area contributed by atoms with Crippen LogP contribution in [0.4, 0.5) is 28.4 Å². The molecule has 0 aliphatic rings. The highest BCUT2D eigenvalue weighted by molar-refractivity contribution is 5.80. The van der Waals surface area contributed by atoms with Crippen LogP contribution >= 0.6 is 0 Å². The molecule has 34 heavy (non-hydrogen) atoms. The molecule has 0 saturated heterocycles. The van der Waals surface area contributed by atoms with Crippen LogP contribution < -0.4 is 16.4 Å². The van der Waals surface area contributed by atoms with E-state index in [1.54, 1.807) is 0 Å². The number of hydrogen-bond acceptors (Lipinski definition) is 3. The van der Waals surface area contributed by atoms with E-state index in [9.17, 15) is 0 Å². The molecule has 0 atom stereocenters. The predicted molar refractivity (Wildman–Crippen MR) is 146 cm³/mol. The van der Waals surface area contributed by atoms with Crippen LogP contribution in [-0.2, 0) is 0 Å². The number of rotatable bonds is 6. The van der Waals surface area contributed by atoms with E-state index in [0.717, 1.165) is 28.3 Å². The monoisotopic (exact) mass is 441 g/mol. The summed E-state index contributed by atoms with van der Waals surface area (Å²) in [4.78, 5) is 0. The normalized spacial score (nSPS) is 10.6. The van der Waals surface area contributed by atoms with Gasteiger partial charge in [0, 0.05) is 17.1 Å². The maximum absolute atomic E-state index is 6.41. The van der Waals surface area contributed by atoms with Crippen LogP contribution in [0.25, 0.3) is 22.3 Å². The Hall–Kier alpha value is -4.50. The van der Waals surface area contributed by atoms with Crippen LogP contribution in [0, 0.1) is 6.92 Å². The number of nitrogen functional groups attached to an aromatic ring is 1. The second kappa shape index (κ2) is 9.55. The quantitative estimate of drug-likeness (QED) is 0.232. The van der Waals surface area contributed by atoms with Gasteiger partial charge in [0.25, 0.3) is 0 Å². The molecule has 5 aromatic rings. The summed E-state index contributed by atoms with van der Waals surface area (Å²) in [5.41, 5.74) is 16.9. The van der Waals surface area contributed by atoms with Gasteiger partial charge in [-0.15, -0.1) is 0 Å². The van der Waals surface area contributed by atoms with E-state index in [1.807, 2.05) is 18.2 Å². The molecule has 0 aliphatic heterocycles. The van der Waals surface area contributed by atoms with Crippen molar-refractivity contribution in [3.8, 4) is 22.3 Å². The Morgan fingerprint density at radius 3 is 1.35 bits per heavy atom. The number of anilines is 5. The van der Waals surface area contributed by atoms with Gasteiger partial charge >= 0.3 is 0 Å². The molecule has 0 heterocycles. The Labute approximate surface area is 200 Å². The Kier molecular flexibility index (Phi) is 6.00. The predicted octanol–water partition coefficient (Wildman–Crippen LogP) is 8.40. The highest BCUT2D eigenvalue weighted by Crippen LogP contribution is 2.32. The summed E-state index contributed by atoms with van der Waals surface area (Å²) in [7, 11) is 0. The second-order valence-corrected chi connectivity index (χ2v) is 8.39. The second-order valence-electron chi connectivity index (χ2n) is 8.39. The Morgan fingerprint density at radius 2 is 0.882 bits per heavy atom. The van der Waals surface area contributed by atoms with Crippen molar-refractivity contribution in [3.63, 3.8) is 0 Å². The molecule has 4 N–H and O–H groups in total. The first-order valence-electron chi connectivity index (χ1n) is 11.4. The minimum absolute atomic E-state index is 0.696. The molecule has 0 fully saturated rings. The van der Waals surface area contributed by atoms with Crippen LogP contribution in [-0.4, -0.2) is 0 Å². The molecule has 0 bridgehead atoms. The van der Waals surface area contributed by atoms with Gasteiger partial charge in [0.05, 0.1) is 11.4 Å². The first kappa shape index (κ1) is 21.4. The number of nitrogens with two attached hydrogens (primary N) is 1. The summed E-state index contributed by atoms with van der Waals surface area (Å²) in [5.74, 6) is 0. The van der Waals surface area contributed by atoms with Gasteiger partial charge in [-0.25, -0.2) is 0 Å². The fourth-order valence-electron chi connectivity index (χ4n) is 4.03. The first-order chi connectivity index (χ1) is 16.7. The summed E-state index contributed by atoms with van der Waals surface area (Å²) in [6.45, 7) is 2.09. The summed E-state index contributed by atoms with van der Waals surface area (Å²) in [6.07, 6.45) is 0. The standard InChI is InChI=1S/C31H27N3/c1-22-20-31(34-28-18-14-26(15-19-28)24-10-6-3-7-11-24)29(32)21-30(22)33-27-16-12-25(13-17-27)23-8-4-2-5-9-23/h2-21,33-34H,32H2,1H3. The molecule has 3 heteroatoms. The van der Waals surface area contributed by atoms with Crippen molar-refractivity contribution in [2.45, 2.75) is 6.92 Å². The minimum atomic E-state index is 0.696. The molecule has 3 nitrogen and oxygen atoms in total. The number of hydrogen-bond donors (Lipinski definition) is 3. The molecular formula is C31H27N3. The maximum Gasteiger partial charge on any atom is 0.0622 e. The van der Waals surface area contributed by atoms with E-state index in [4.69, 9.17) is 5.73 Å². The smallest absolute Gasteiger partial charge is 0.0622 e. The zero-order valence-corrected chi connectivity index (χ0v) is 19.1. The zero-order valence-electron chi connectivity index (χ0n) is 19.1. The van der Waals surface area contributed by atoms with Crippen LogP contribution in [0.2, 0.25) is 0 Å². The van der Waals surface area contributed by atoms with Gasteiger partial charge in [-0.05, 0) is 71.1 Å². The Balaban J connectivity index is 1.30. The van der Waals surface area contributed by atoms with Crippen molar-refractivity contribution in [2.75, 3.05) is 16.4 Å². The largest absolute Gasteiger partial charge is 0.397 e. The van der Waals surface area contributed by atoms with Crippen LogP contribution in [0.5, 0.6) is 0 Å². The lowest BCUT2D eigenvalue weighted by Gasteiger charge is -2.16. The third kappa shape index (κ3) is 4.79. The first-order valence-corrected chi connectivity index (χ1v) is 11.4. The summed E-state index contributed by atoms with van der Waals surface area (Å²) >= 11 is 0. The van der Waals surface area contributed by atoms with E-state index in [0.29, 0.717) is 5.69 Å². The lowest BCUT2D eigenvalue weighted by Crippen LogP contribution is -2.00. The number of benzene rings is 5. The third-order valence-corrected chi connectivity index (χ3v) is 5.94. The Bertz CT molecular complexity index is 1260. The lowest BCUT2D eigenvalue weighted by molar-refractivity contribution is 1.42. The zero-order chi connectivity index (χ0) is 23.3. The minimum Gasteiger partial charge on any atom is -0.397 e. The van der Waals surface area contributed by atoms with Gasteiger partial charge in [0.15, 0.2) is 0 Å². The maximum atomic E-state index is 6.41. The topological polar surface area (TPSA) is 50.1 Å². The number of aryl methyl sites for hydroxylation is 1. The summed E-state index contributed by atoms with van der Waals surface area (Å²) < 4.78 is 0. The molecule has 0 amide bonds. The van der Waals surface area contributed by atoms with Gasteiger partial charge in [-0.3, -0.25) is 0 Å². The molecule has 0 aliphatic carbocycles. The van der Waals surface area contributed by atoms with Crippen LogP contribution in [0.3, 0.4) is 0 Å². The van der Waals surface area contributed by atoms with Crippen molar-refractivity contribution in [1.82, 2.24) is 0 Å². The summed E-state index contributed by atoms with van der Waals surface area (Å²) in [6, 6.07) is 41.7.